The van der Waals surface area contributed by atoms with Gasteiger partial charge < -0.3 is 10.2 Å². The summed E-state index contributed by atoms with van der Waals surface area (Å²) < 4.78 is 0.677. The van der Waals surface area contributed by atoms with Crippen LogP contribution in [0.2, 0.25) is 0 Å². The molecule has 4 nitrogen and oxygen atoms in total. The number of nitrogens with zero attached hydrogens (tertiary/aromatic N) is 2. The maximum Gasteiger partial charge on any atom is 0.275 e. The van der Waals surface area contributed by atoms with E-state index in [4.69, 9.17) is 0 Å². The highest BCUT2D eigenvalue weighted by Gasteiger charge is 2.11. The molecule has 19 heavy (non-hydrogen) atoms. The zero-order valence-electron chi connectivity index (χ0n) is 10.7. The van der Waals surface area contributed by atoms with Crippen LogP contribution in [0.3, 0.4) is 0 Å². The third-order valence-electron chi connectivity index (χ3n) is 2.59. The maximum atomic E-state index is 12.1. The van der Waals surface area contributed by atoms with E-state index in [1.54, 1.807) is 18.3 Å². The van der Waals surface area contributed by atoms with Crippen molar-refractivity contribution in [3.63, 3.8) is 0 Å². The van der Waals surface area contributed by atoms with Crippen LogP contribution in [-0.2, 0) is 0 Å². The first kappa shape index (κ1) is 13.5. The number of benzene rings is 1. The Morgan fingerprint density at radius 2 is 2.05 bits per heavy atom. The van der Waals surface area contributed by atoms with E-state index in [-0.39, 0.29) is 5.91 Å². The molecule has 0 aliphatic heterocycles. The standard InChI is InChI=1S/C14H14BrN3O/c1-18(2)11-6-3-5-10(9-11)17-14(19)13-12(15)7-4-8-16-13/h3-9H,1-2H3,(H,17,19). The highest BCUT2D eigenvalue weighted by Crippen LogP contribution is 2.19. The molecule has 0 saturated carbocycles. The predicted molar refractivity (Wildman–Crippen MR) is 80.7 cm³/mol. The third kappa shape index (κ3) is 3.32. The summed E-state index contributed by atoms with van der Waals surface area (Å²) in [5, 5.41) is 2.84. The van der Waals surface area contributed by atoms with Crippen molar-refractivity contribution < 1.29 is 4.79 Å². The van der Waals surface area contributed by atoms with E-state index in [2.05, 4.69) is 26.2 Å². The summed E-state index contributed by atoms with van der Waals surface area (Å²) in [4.78, 5) is 18.1. The second kappa shape index (κ2) is 5.84. The predicted octanol–water partition coefficient (Wildman–Crippen LogP) is 3.16. The molecule has 5 heteroatoms. The summed E-state index contributed by atoms with van der Waals surface area (Å²) in [5.74, 6) is -0.233. The summed E-state index contributed by atoms with van der Waals surface area (Å²) in [6.07, 6.45) is 1.59. The van der Waals surface area contributed by atoms with Crippen molar-refractivity contribution in [3.05, 3.63) is 52.8 Å². The molecule has 0 aliphatic rings. The molecule has 0 aliphatic carbocycles. The Hall–Kier alpha value is -1.88. The highest BCUT2D eigenvalue weighted by molar-refractivity contribution is 9.10. The fraction of sp³-hybridized carbons (Fsp3) is 0.143. The van der Waals surface area contributed by atoms with Crippen LogP contribution in [-0.4, -0.2) is 25.0 Å². The Balaban J connectivity index is 2.20. The van der Waals surface area contributed by atoms with Gasteiger partial charge in [0.15, 0.2) is 0 Å². The van der Waals surface area contributed by atoms with E-state index < -0.39 is 0 Å². The molecule has 1 amide bonds. The van der Waals surface area contributed by atoms with Crippen LogP contribution in [0.25, 0.3) is 0 Å². The molecule has 2 rings (SSSR count). The number of amides is 1. The molecular weight excluding hydrogens is 306 g/mol. The van der Waals surface area contributed by atoms with E-state index in [0.717, 1.165) is 11.4 Å². The Bertz CT molecular complexity index is 599. The number of anilines is 2. The van der Waals surface area contributed by atoms with E-state index in [0.29, 0.717) is 10.2 Å². The van der Waals surface area contributed by atoms with Crippen LogP contribution in [0.4, 0.5) is 11.4 Å². The molecule has 1 N–H and O–H groups in total. The lowest BCUT2D eigenvalue weighted by molar-refractivity contribution is 0.102. The zero-order chi connectivity index (χ0) is 13.8. The lowest BCUT2D eigenvalue weighted by Gasteiger charge is -2.14. The van der Waals surface area contributed by atoms with Crippen molar-refractivity contribution in [2.75, 3.05) is 24.3 Å². The van der Waals surface area contributed by atoms with E-state index in [1.165, 1.54) is 0 Å². The van der Waals surface area contributed by atoms with E-state index >= 15 is 0 Å². The fourth-order valence-electron chi connectivity index (χ4n) is 1.60. The molecule has 0 fully saturated rings. The van der Waals surface area contributed by atoms with Crippen molar-refractivity contribution in [1.29, 1.82) is 0 Å². The maximum absolute atomic E-state index is 12.1. The monoisotopic (exact) mass is 319 g/mol. The summed E-state index contributed by atoms with van der Waals surface area (Å²) in [6, 6.07) is 11.2. The van der Waals surface area contributed by atoms with Gasteiger partial charge in [-0.05, 0) is 46.3 Å². The molecule has 0 unspecified atom stereocenters. The number of pyridine rings is 1. The van der Waals surface area contributed by atoms with Gasteiger partial charge in [-0.2, -0.15) is 0 Å². The average Bonchev–Trinajstić information content (AvgIpc) is 2.39. The number of rotatable bonds is 3. The normalized spacial score (nSPS) is 10.1. The number of hydrogen-bond acceptors (Lipinski definition) is 3. The molecule has 1 heterocycles. The number of carbonyl (C=O) groups excluding carboxylic acids is 1. The summed E-state index contributed by atoms with van der Waals surface area (Å²) >= 11 is 3.32. The first-order valence-corrected chi connectivity index (χ1v) is 6.56. The van der Waals surface area contributed by atoms with Gasteiger partial charge in [0.05, 0.1) is 0 Å². The van der Waals surface area contributed by atoms with Gasteiger partial charge in [0.25, 0.3) is 5.91 Å². The topological polar surface area (TPSA) is 45.2 Å². The SMILES string of the molecule is CN(C)c1cccc(NC(=O)c2ncccc2Br)c1. The lowest BCUT2D eigenvalue weighted by Crippen LogP contribution is -2.15. The number of carbonyl (C=O) groups is 1. The van der Waals surface area contributed by atoms with Gasteiger partial charge in [0.2, 0.25) is 0 Å². The number of hydrogen-bond donors (Lipinski definition) is 1. The number of aromatic nitrogens is 1. The lowest BCUT2D eigenvalue weighted by atomic mass is 10.2. The first-order chi connectivity index (χ1) is 9.08. The Morgan fingerprint density at radius 3 is 2.74 bits per heavy atom. The fourth-order valence-corrected chi connectivity index (χ4v) is 2.04. The minimum Gasteiger partial charge on any atom is -0.378 e. The zero-order valence-corrected chi connectivity index (χ0v) is 12.3. The van der Waals surface area contributed by atoms with E-state index in [1.807, 2.05) is 43.3 Å². The van der Waals surface area contributed by atoms with Crippen molar-refractivity contribution in [2.45, 2.75) is 0 Å². The van der Waals surface area contributed by atoms with Crippen LogP contribution in [0.5, 0.6) is 0 Å². The van der Waals surface area contributed by atoms with Gasteiger partial charge in [-0.25, -0.2) is 4.98 Å². The van der Waals surface area contributed by atoms with Gasteiger partial charge in [-0.15, -0.1) is 0 Å². The van der Waals surface area contributed by atoms with Crippen LogP contribution in [0.15, 0.2) is 47.1 Å². The molecule has 0 atom stereocenters. The first-order valence-electron chi connectivity index (χ1n) is 5.77. The molecule has 0 radical (unpaired) electrons. The van der Waals surface area contributed by atoms with Crippen LogP contribution < -0.4 is 10.2 Å². The number of halogens is 1. The van der Waals surface area contributed by atoms with Crippen LogP contribution in [0, 0.1) is 0 Å². The third-order valence-corrected chi connectivity index (χ3v) is 3.23. The molecule has 0 bridgehead atoms. The highest BCUT2D eigenvalue weighted by atomic mass is 79.9. The van der Waals surface area contributed by atoms with Gasteiger partial charge in [0.1, 0.15) is 5.69 Å². The Labute approximate surface area is 120 Å². The smallest absolute Gasteiger partial charge is 0.275 e. The van der Waals surface area contributed by atoms with Gasteiger partial charge in [-0.1, -0.05) is 6.07 Å². The largest absolute Gasteiger partial charge is 0.378 e. The minimum absolute atomic E-state index is 0.233. The molecule has 1 aromatic carbocycles. The second-order valence-electron chi connectivity index (χ2n) is 4.23. The summed E-state index contributed by atoms with van der Waals surface area (Å²) in [5.41, 5.74) is 2.14. The molecule has 0 spiro atoms. The Kier molecular flexibility index (Phi) is 4.16. The van der Waals surface area contributed by atoms with Gasteiger partial charge in [-0.3, -0.25) is 4.79 Å². The van der Waals surface area contributed by atoms with Gasteiger partial charge >= 0.3 is 0 Å². The van der Waals surface area contributed by atoms with Crippen LogP contribution in [0.1, 0.15) is 10.5 Å². The van der Waals surface area contributed by atoms with E-state index in [9.17, 15) is 4.79 Å². The minimum atomic E-state index is -0.233. The molecule has 2 aromatic rings. The van der Waals surface area contributed by atoms with Crippen molar-refractivity contribution in [2.24, 2.45) is 0 Å². The number of nitrogens with one attached hydrogen (secondary N) is 1. The average molecular weight is 320 g/mol. The molecule has 1 aromatic heterocycles. The van der Waals surface area contributed by atoms with Crippen molar-refractivity contribution in [1.82, 2.24) is 4.98 Å². The van der Waals surface area contributed by atoms with Crippen LogP contribution >= 0.6 is 15.9 Å². The molecule has 0 saturated heterocycles. The molecular formula is C14H14BrN3O. The van der Waals surface area contributed by atoms with Gasteiger partial charge in [0, 0.05) is 36.1 Å². The summed E-state index contributed by atoms with van der Waals surface area (Å²) in [7, 11) is 3.91. The second-order valence-corrected chi connectivity index (χ2v) is 5.09. The van der Waals surface area contributed by atoms with Crippen molar-refractivity contribution >= 4 is 33.2 Å². The Morgan fingerprint density at radius 1 is 1.26 bits per heavy atom. The molecule has 98 valence electrons. The quantitative estimate of drug-likeness (QED) is 0.945. The summed E-state index contributed by atoms with van der Waals surface area (Å²) in [6.45, 7) is 0. The van der Waals surface area contributed by atoms with Crippen molar-refractivity contribution in [3.8, 4) is 0 Å².